The van der Waals surface area contributed by atoms with Gasteiger partial charge in [-0.1, -0.05) is 30.3 Å². The van der Waals surface area contributed by atoms with Gasteiger partial charge in [-0.25, -0.2) is 18.1 Å². The van der Waals surface area contributed by atoms with Crippen LogP contribution in [0.1, 0.15) is 26.5 Å². The van der Waals surface area contributed by atoms with Crippen LogP contribution in [-0.4, -0.2) is 32.1 Å². The second-order valence-corrected chi connectivity index (χ2v) is 10.1. The SMILES string of the molecule is Cc1sc(N(CCc2ccsc2)Cc2ccccc2)nc1C(=O)NS(C)(=O)=O. The van der Waals surface area contributed by atoms with Gasteiger partial charge in [-0.2, -0.15) is 11.3 Å². The molecule has 148 valence electrons. The van der Waals surface area contributed by atoms with E-state index in [1.165, 1.54) is 16.9 Å². The lowest BCUT2D eigenvalue weighted by molar-refractivity contribution is 0.0977. The van der Waals surface area contributed by atoms with Crippen molar-refractivity contribution < 1.29 is 13.2 Å². The van der Waals surface area contributed by atoms with Crippen molar-refractivity contribution in [3.8, 4) is 0 Å². The predicted octanol–water partition coefficient (Wildman–Crippen LogP) is 3.45. The normalized spacial score (nSPS) is 11.4. The molecule has 0 radical (unpaired) electrons. The molecule has 0 bridgehead atoms. The Morgan fingerprint density at radius 2 is 1.93 bits per heavy atom. The Labute approximate surface area is 172 Å². The van der Waals surface area contributed by atoms with Crippen LogP contribution < -0.4 is 9.62 Å². The second-order valence-electron chi connectivity index (χ2n) is 6.39. The standard InChI is InChI=1S/C19H21N3O3S3/c1-14-17(18(23)21-28(2,24)25)20-19(27-14)22(10-8-16-9-11-26-13-16)12-15-6-4-3-5-7-15/h3-7,9,11,13H,8,10,12H2,1-2H3,(H,21,23). The molecule has 0 unspecified atom stereocenters. The van der Waals surface area contributed by atoms with Gasteiger partial charge in [-0.3, -0.25) is 4.79 Å². The minimum Gasteiger partial charge on any atom is -0.343 e. The number of carbonyl (C=O) groups is 1. The van der Waals surface area contributed by atoms with Crippen LogP contribution >= 0.6 is 22.7 Å². The van der Waals surface area contributed by atoms with Crippen LogP contribution in [0.3, 0.4) is 0 Å². The van der Waals surface area contributed by atoms with E-state index in [1.807, 2.05) is 22.9 Å². The number of amides is 1. The van der Waals surface area contributed by atoms with Crippen LogP contribution in [0.4, 0.5) is 5.13 Å². The fourth-order valence-corrected chi connectivity index (χ4v) is 4.76. The Morgan fingerprint density at radius 1 is 1.18 bits per heavy atom. The molecule has 0 saturated carbocycles. The number of nitrogens with zero attached hydrogens (tertiary/aromatic N) is 2. The van der Waals surface area contributed by atoms with Gasteiger partial charge in [-0.15, -0.1) is 11.3 Å². The largest absolute Gasteiger partial charge is 0.343 e. The molecule has 1 aromatic carbocycles. The molecule has 28 heavy (non-hydrogen) atoms. The maximum atomic E-state index is 12.3. The molecule has 0 saturated heterocycles. The summed E-state index contributed by atoms with van der Waals surface area (Å²) in [5.74, 6) is -0.694. The number of thiophene rings is 1. The summed E-state index contributed by atoms with van der Waals surface area (Å²) < 4.78 is 24.7. The molecule has 0 fully saturated rings. The molecule has 0 aliphatic rings. The van der Waals surface area contributed by atoms with Crippen molar-refractivity contribution in [2.24, 2.45) is 0 Å². The van der Waals surface area contributed by atoms with Gasteiger partial charge in [-0.05, 0) is 41.3 Å². The van der Waals surface area contributed by atoms with E-state index in [0.29, 0.717) is 16.6 Å². The van der Waals surface area contributed by atoms with E-state index < -0.39 is 15.9 Å². The average molecular weight is 436 g/mol. The number of aromatic nitrogens is 1. The number of sulfonamides is 1. The van der Waals surface area contributed by atoms with Gasteiger partial charge in [0.25, 0.3) is 5.91 Å². The number of thiazole rings is 1. The highest BCUT2D eigenvalue weighted by Gasteiger charge is 2.21. The highest BCUT2D eigenvalue weighted by molar-refractivity contribution is 7.89. The molecular weight excluding hydrogens is 414 g/mol. The van der Waals surface area contributed by atoms with Crippen molar-refractivity contribution >= 4 is 43.7 Å². The summed E-state index contributed by atoms with van der Waals surface area (Å²) in [4.78, 5) is 19.5. The maximum absolute atomic E-state index is 12.3. The fraction of sp³-hybridized carbons (Fsp3) is 0.263. The summed E-state index contributed by atoms with van der Waals surface area (Å²) in [6, 6.07) is 12.2. The smallest absolute Gasteiger partial charge is 0.284 e. The summed E-state index contributed by atoms with van der Waals surface area (Å²) in [6.45, 7) is 3.18. The average Bonchev–Trinajstić information content (AvgIpc) is 3.27. The number of nitrogens with one attached hydrogen (secondary N) is 1. The molecule has 3 aromatic rings. The highest BCUT2D eigenvalue weighted by Crippen LogP contribution is 2.27. The van der Waals surface area contributed by atoms with Gasteiger partial charge in [0.2, 0.25) is 10.0 Å². The third-order valence-corrected chi connectivity index (χ3v) is 6.34. The molecule has 9 heteroatoms. The van der Waals surface area contributed by atoms with Crippen molar-refractivity contribution in [3.63, 3.8) is 0 Å². The number of benzene rings is 1. The highest BCUT2D eigenvalue weighted by atomic mass is 32.2. The van der Waals surface area contributed by atoms with Gasteiger partial charge < -0.3 is 4.90 Å². The summed E-state index contributed by atoms with van der Waals surface area (Å²) >= 11 is 3.06. The Morgan fingerprint density at radius 3 is 2.57 bits per heavy atom. The first kappa shape index (κ1) is 20.5. The zero-order valence-electron chi connectivity index (χ0n) is 15.6. The van der Waals surface area contributed by atoms with Crippen molar-refractivity contribution in [2.45, 2.75) is 19.9 Å². The molecule has 0 spiro atoms. The molecule has 2 heterocycles. The molecule has 0 atom stereocenters. The maximum Gasteiger partial charge on any atom is 0.284 e. The number of anilines is 1. The zero-order valence-corrected chi connectivity index (χ0v) is 18.0. The topological polar surface area (TPSA) is 79.4 Å². The molecule has 0 aliphatic heterocycles. The van der Waals surface area contributed by atoms with Gasteiger partial charge in [0, 0.05) is 18.0 Å². The summed E-state index contributed by atoms with van der Waals surface area (Å²) in [6.07, 6.45) is 1.82. The zero-order chi connectivity index (χ0) is 20.1. The van der Waals surface area contributed by atoms with Crippen LogP contribution in [0, 0.1) is 6.92 Å². The van der Waals surface area contributed by atoms with Gasteiger partial charge in [0.05, 0.1) is 6.26 Å². The van der Waals surface area contributed by atoms with E-state index in [-0.39, 0.29) is 5.69 Å². The molecule has 1 amide bonds. The summed E-state index contributed by atoms with van der Waals surface area (Å²) in [5, 5.41) is 4.88. The van der Waals surface area contributed by atoms with Crippen LogP contribution in [-0.2, 0) is 23.0 Å². The lowest BCUT2D eigenvalue weighted by Crippen LogP contribution is -2.30. The summed E-state index contributed by atoms with van der Waals surface area (Å²) in [7, 11) is -3.63. The van der Waals surface area contributed by atoms with E-state index >= 15 is 0 Å². The predicted molar refractivity (Wildman–Crippen MR) is 115 cm³/mol. The van der Waals surface area contributed by atoms with Crippen molar-refractivity contribution in [1.82, 2.24) is 9.71 Å². The van der Waals surface area contributed by atoms with Crippen LogP contribution in [0.5, 0.6) is 0 Å². The molecular formula is C19H21N3O3S3. The second kappa shape index (κ2) is 8.85. The lowest BCUT2D eigenvalue weighted by atomic mass is 10.2. The van der Waals surface area contributed by atoms with Crippen molar-refractivity contribution in [3.05, 3.63) is 68.9 Å². The van der Waals surface area contributed by atoms with Gasteiger partial charge in [0.15, 0.2) is 5.13 Å². The molecule has 3 rings (SSSR count). The Hall–Kier alpha value is -2.23. The quantitative estimate of drug-likeness (QED) is 0.586. The molecule has 6 nitrogen and oxygen atoms in total. The molecule has 0 aliphatic carbocycles. The van der Waals surface area contributed by atoms with Crippen LogP contribution in [0.15, 0.2) is 47.2 Å². The lowest BCUT2D eigenvalue weighted by Gasteiger charge is -2.22. The summed E-state index contributed by atoms with van der Waals surface area (Å²) in [5.41, 5.74) is 2.55. The Bertz CT molecular complexity index is 1030. The van der Waals surface area contributed by atoms with E-state index in [9.17, 15) is 13.2 Å². The van der Waals surface area contributed by atoms with Crippen molar-refractivity contribution in [2.75, 3.05) is 17.7 Å². The Kier molecular flexibility index (Phi) is 6.48. The van der Waals surface area contributed by atoms with Gasteiger partial charge >= 0.3 is 0 Å². The molecule has 1 N–H and O–H groups in total. The molecule has 2 aromatic heterocycles. The van der Waals surface area contributed by atoms with E-state index in [0.717, 1.165) is 24.8 Å². The monoisotopic (exact) mass is 435 g/mol. The first-order valence-electron chi connectivity index (χ1n) is 8.61. The van der Waals surface area contributed by atoms with E-state index in [1.54, 1.807) is 18.3 Å². The first-order valence-corrected chi connectivity index (χ1v) is 12.3. The first-order chi connectivity index (χ1) is 13.3. The van der Waals surface area contributed by atoms with Gasteiger partial charge in [0.1, 0.15) is 5.69 Å². The van der Waals surface area contributed by atoms with Crippen molar-refractivity contribution in [1.29, 1.82) is 0 Å². The van der Waals surface area contributed by atoms with E-state index in [4.69, 9.17) is 0 Å². The number of hydrogen-bond acceptors (Lipinski definition) is 7. The number of rotatable bonds is 8. The third kappa shape index (κ3) is 5.63. The minimum atomic E-state index is -3.63. The number of aryl methyl sites for hydroxylation is 1. The number of hydrogen-bond donors (Lipinski definition) is 1. The van der Waals surface area contributed by atoms with Crippen LogP contribution in [0.25, 0.3) is 0 Å². The Balaban J connectivity index is 1.84. The van der Waals surface area contributed by atoms with Crippen LogP contribution in [0.2, 0.25) is 0 Å². The fourth-order valence-electron chi connectivity index (χ4n) is 2.69. The van der Waals surface area contributed by atoms with E-state index in [2.05, 4.69) is 38.8 Å². The third-order valence-electron chi connectivity index (χ3n) is 4.02. The minimum absolute atomic E-state index is 0.152. The number of carbonyl (C=O) groups excluding carboxylic acids is 1.